The Labute approximate surface area is 202 Å². The molecule has 0 radical (unpaired) electrons. The van der Waals surface area contributed by atoms with Crippen LogP contribution in [-0.4, -0.2) is 51.6 Å². The van der Waals surface area contributed by atoms with Crippen LogP contribution in [0.2, 0.25) is 0 Å². The minimum Gasteiger partial charge on any atom is -0.494 e. The smallest absolute Gasteiger partial charge is 0.119 e. The van der Waals surface area contributed by atoms with Crippen LogP contribution in [0.4, 0.5) is 5.69 Å². The Balaban J connectivity index is 1.62. The average Bonchev–Trinajstić information content (AvgIpc) is 2.80. The van der Waals surface area contributed by atoms with Crippen molar-refractivity contribution in [2.75, 3.05) is 40.9 Å². The highest BCUT2D eigenvalue weighted by Crippen LogP contribution is 2.19. The Morgan fingerprint density at radius 1 is 0.667 bits per heavy atom. The number of hydrogen-bond acceptors (Lipinski definition) is 3. The number of aliphatic imine (C=N–C) groups is 1. The summed E-state index contributed by atoms with van der Waals surface area (Å²) in [5, 5.41) is 0. The first-order valence-electron chi connectivity index (χ1n) is 12.8. The van der Waals surface area contributed by atoms with Gasteiger partial charge >= 0.3 is 0 Å². The van der Waals surface area contributed by atoms with Gasteiger partial charge in [-0.3, -0.25) is 4.99 Å². The molecule has 4 nitrogen and oxygen atoms in total. The topological polar surface area (TPSA) is 30.8 Å². The molecule has 0 spiro atoms. The molecule has 0 saturated heterocycles. The van der Waals surface area contributed by atoms with Gasteiger partial charge in [-0.25, -0.2) is 0 Å². The van der Waals surface area contributed by atoms with E-state index >= 15 is 0 Å². The molecule has 0 aromatic heterocycles. The quantitative estimate of drug-likeness (QED) is 0.142. The van der Waals surface area contributed by atoms with Crippen molar-refractivity contribution in [3.8, 4) is 11.5 Å². The minimum atomic E-state index is 0.786. The van der Waals surface area contributed by atoms with E-state index in [-0.39, 0.29) is 0 Å². The van der Waals surface area contributed by atoms with Crippen LogP contribution in [0.15, 0.2) is 53.5 Å². The first-order chi connectivity index (χ1) is 16.0. The van der Waals surface area contributed by atoms with E-state index in [4.69, 9.17) is 9.47 Å². The Bertz CT molecular complexity index is 777. The number of quaternary nitrogens is 1. The molecule has 0 bridgehead atoms. The van der Waals surface area contributed by atoms with Crippen LogP contribution >= 0.6 is 0 Å². The molecule has 2 aromatic carbocycles. The highest BCUT2D eigenvalue weighted by atomic mass is 16.5. The molecule has 0 atom stereocenters. The largest absolute Gasteiger partial charge is 0.494 e. The molecular formula is C29H45N2O2+. The zero-order valence-corrected chi connectivity index (χ0v) is 21.4. The highest BCUT2D eigenvalue weighted by Gasteiger charge is 2.05. The average molecular weight is 454 g/mol. The molecule has 0 unspecified atom stereocenters. The lowest BCUT2D eigenvalue weighted by Crippen LogP contribution is -2.35. The molecule has 0 heterocycles. The first-order valence-corrected chi connectivity index (χ1v) is 12.8. The van der Waals surface area contributed by atoms with Crippen LogP contribution in [0.5, 0.6) is 11.5 Å². The van der Waals surface area contributed by atoms with Crippen molar-refractivity contribution < 1.29 is 14.0 Å². The molecule has 2 rings (SSSR count). The maximum absolute atomic E-state index is 5.89. The number of hydrogen-bond donors (Lipinski definition) is 0. The summed E-state index contributed by atoms with van der Waals surface area (Å²) in [6.45, 7) is 5.05. The summed E-state index contributed by atoms with van der Waals surface area (Å²) in [6.07, 6.45) is 13.1. The third kappa shape index (κ3) is 13.1. The van der Waals surface area contributed by atoms with Crippen LogP contribution in [0.25, 0.3) is 0 Å². The summed E-state index contributed by atoms with van der Waals surface area (Å²) >= 11 is 0. The molecule has 0 aliphatic heterocycles. The van der Waals surface area contributed by atoms with Crippen molar-refractivity contribution in [1.29, 1.82) is 0 Å². The molecule has 4 heteroatoms. The molecule has 0 N–H and O–H groups in total. The standard InChI is InChI=1S/C29H45N2O2/c1-5-6-7-12-23-33-29-20-16-27(17-21-29)30-25-26-14-18-28(19-15-26)32-24-13-10-8-9-11-22-31(2,3)4/h14-21,25H,5-13,22-24H2,1-4H3/q+1. The second-order valence-corrected chi connectivity index (χ2v) is 9.86. The Hall–Kier alpha value is -2.33. The summed E-state index contributed by atoms with van der Waals surface area (Å²) < 4.78 is 12.7. The van der Waals surface area contributed by atoms with Crippen molar-refractivity contribution in [2.45, 2.75) is 64.7 Å². The molecule has 33 heavy (non-hydrogen) atoms. The number of ether oxygens (including phenoxy) is 2. The van der Waals surface area contributed by atoms with Crippen molar-refractivity contribution in [3.05, 3.63) is 54.1 Å². The van der Waals surface area contributed by atoms with Gasteiger partial charge in [0.2, 0.25) is 0 Å². The van der Waals surface area contributed by atoms with E-state index in [1.807, 2.05) is 42.6 Å². The monoisotopic (exact) mass is 453 g/mol. The Kier molecular flexibility index (Phi) is 12.6. The van der Waals surface area contributed by atoms with Gasteiger partial charge in [0.15, 0.2) is 0 Å². The first kappa shape index (κ1) is 26.9. The number of benzene rings is 2. The molecule has 2 aromatic rings. The SMILES string of the molecule is CCCCCCOc1ccc(N=Cc2ccc(OCCCCCCC[N+](C)(C)C)cc2)cc1. The van der Waals surface area contributed by atoms with Gasteiger partial charge in [-0.05, 0) is 79.8 Å². The van der Waals surface area contributed by atoms with Gasteiger partial charge in [0.25, 0.3) is 0 Å². The van der Waals surface area contributed by atoms with Crippen LogP contribution in [0.1, 0.15) is 70.3 Å². The second kappa shape index (κ2) is 15.5. The van der Waals surface area contributed by atoms with Crippen LogP contribution < -0.4 is 9.47 Å². The van der Waals surface area contributed by atoms with Crippen molar-refractivity contribution in [1.82, 2.24) is 0 Å². The van der Waals surface area contributed by atoms with Gasteiger partial charge in [-0.2, -0.15) is 0 Å². The van der Waals surface area contributed by atoms with Gasteiger partial charge in [-0.1, -0.05) is 39.0 Å². The van der Waals surface area contributed by atoms with E-state index in [9.17, 15) is 0 Å². The summed E-state index contributed by atoms with van der Waals surface area (Å²) in [7, 11) is 6.78. The molecular weight excluding hydrogens is 408 g/mol. The third-order valence-corrected chi connectivity index (χ3v) is 5.59. The molecule has 0 aliphatic carbocycles. The lowest BCUT2D eigenvalue weighted by atomic mass is 10.1. The number of nitrogens with zero attached hydrogens (tertiary/aromatic N) is 2. The molecule has 0 saturated carbocycles. The predicted octanol–water partition coefficient (Wildman–Crippen LogP) is 7.43. The summed E-state index contributed by atoms with van der Waals surface area (Å²) in [4.78, 5) is 4.57. The third-order valence-electron chi connectivity index (χ3n) is 5.59. The van der Waals surface area contributed by atoms with E-state index in [1.165, 1.54) is 51.5 Å². The zero-order chi connectivity index (χ0) is 23.8. The van der Waals surface area contributed by atoms with E-state index in [2.05, 4.69) is 45.2 Å². The van der Waals surface area contributed by atoms with Crippen LogP contribution in [0.3, 0.4) is 0 Å². The molecule has 0 fully saturated rings. The maximum Gasteiger partial charge on any atom is 0.119 e. The van der Waals surface area contributed by atoms with Gasteiger partial charge < -0.3 is 14.0 Å². The minimum absolute atomic E-state index is 0.786. The predicted molar refractivity (Wildman–Crippen MR) is 141 cm³/mol. The normalized spacial score (nSPS) is 11.8. The summed E-state index contributed by atoms with van der Waals surface area (Å²) in [5.74, 6) is 1.84. The Morgan fingerprint density at radius 3 is 1.76 bits per heavy atom. The lowest BCUT2D eigenvalue weighted by molar-refractivity contribution is -0.870. The maximum atomic E-state index is 5.89. The highest BCUT2D eigenvalue weighted by molar-refractivity contribution is 5.82. The van der Waals surface area contributed by atoms with Gasteiger partial charge in [0, 0.05) is 6.21 Å². The second-order valence-electron chi connectivity index (χ2n) is 9.86. The Morgan fingerprint density at radius 2 is 1.18 bits per heavy atom. The summed E-state index contributed by atoms with van der Waals surface area (Å²) in [6, 6.07) is 16.1. The lowest BCUT2D eigenvalue weighted by Gasteiger charge is -2.23. The summed E-state index contributed by atoms with van der Waals surface area (Å²) in [5.41, 5.74) is 1.99. The van der Waals surface area contributed by atoms with Gasteiger partial charge in [0.05, 0.1) is 46.6 Å². The van der Waals surface area contributed by atoms with E-state index in [1.54, 1.807) is 0 Å². The van der Waals surface area contributed by atoms with Crippen molar-refractivity contribution in [2.24, 2.45) is 4.99 Å². The zero-order valence-electron chi connectivity index (χ0n) is 21.4. The van der Waals surface area contributed by atoms with E-state index < -0.39 is 0 Å². The van der Waals surface area contributed by atoms with Crippen molar-refractivity contribution in [3.63, 3.8) is 0 Å². The molecule has 182 valence electrons. The number of rotatable bonds is 17. The fraction of sp³-hybridized carbons (Fsp3) is 0.552. The fourth-order valence-electron chi connectivity index (χ4n) is 3.56. The molecule has 0 amide bonds. The molecule has 0 aliphatic rings. The fourth-order valence-corrected chi connectivity index (χ4v) is 3.56. The van der Waals surface area contributed by atoms with E-state index in [0.29, 0.717) is 0 Å². The van der Waals surface area contributed by atoms with Gasteiger partial charge in [0.1, 0.15) is 11.5 Å². The number of unbranched alkanes of at least 4 members (excludes halogenated alkanes) is 7. The van der Waals surface area contributed by atoms with Crippen molar-refractivity contribution >= 4 is 11.9 Å². The van der Waals surface area contributed by atoms with Crippen LogP contribution in [-0.2, 0) is 0 Å². The van der Waals surface area contributed by atoms with Crippen LogP contribution in [0, 0.1) is 0 Å². The van der Waals surface area contributed by atoms with Gasteiger partial charge in [-0.15, -0.1) is 0 Å². The van der Waals surface area contributed by atoms with E-state index in [0.717, 1.165) is 53.3 Å².